The largest absolute Gasteiger partial charge is 0.302 e. The molecule has 27 heavy (non-hydrogen) atoms. The van der Waals surface area contributed by atoms with Gasteiger partial charge < -0.3 is 4.90 Å². The molecule has 0 fully saturated rings. The number of aryl methyl sites for hydroxylation is 1. The average Bonchev–Trinajstić information content (AvgIpc) is 3.17. The molecule has 4 rings (SSSR count). The number of hydrogen-bond donors (Lipinski definition) is 0. The zero-order valence-corrected chi connectivity index (χ0v) is 16.3. The molecule has 142 valence electrons. The number of nitrogens with zero attached hydrogens (tertiary/aromatic N) is 4. The molecule has 3 aromatic rings. The lowest BCUT2D eigenvalue weighted by atomic mass is 9.99. The molecule has 0 unspecified atom stereocenters. The lowest BCUT2D eigenvalue weighted by Gasteiger charge is -2.21. The molecule has 0 atom stereocenters. The van der Waals surface area contributed by atoms with Crippen LogP contribution >= 0.6 is 0 Å². The first-order valence-corrected chi connectivity index (χ1v) is 10.2. The molecule has 8 heteroatoms. The lowest BCUT2D eigenvalue weighted by molar-refractivity contribution is 0.370. The van der Waals surface area contributed by atoms with Crippen molar-refractivity contribution in [3.8, 4) is 0 Å². The first kappa shape index (κ1) is 17.9. The minimum absolute atomic E-state index is 0.148. The highest BCUT2D eigenvalue weighted by Crippen LogP contribution is 2.33. The molecule has 1 aliphatic heterocycles. The van der Waals surface area contributed by atoms with Crippen LogP contribution in [0.4, 0.5) is 4.39 Å². The summed E-state index contributed by atoms with van der Waals surface area (Å²) in [5.74, 6) is -0.384. The Hall–Kier alpha value is -2.45. The van der Waals surface area contributed by atoms with Gasteiger partial charge in [-0.2, -0.15) is 5.10 Å². The summed E-state index contributed by atoms with van der Waals surface area (Å²) in [4.78, 5) is 2.33. The smallest absolute Gasteiger partial charge is 0.271 e. The first-order chi connectivity index (χ1) is 12.8. The number of aromatic nitrogens is 3. The van der Waals surface area contributed by atoms with Crippen LogP contribution in [0.5, 0.6) is 0 Å². The van der Waals surface area contributed by atoms with Gasteiger partial charge in [-0.25, -0.2) is 16.8 Å². The third-order valence-corrected chi connectivity index (χ3v) is 6.99. The van der Waals surface area contributed by atoms with Crippen molar-refractivity contribution in [2.45, 2.75) is 18.2 Å². The lowest BCUT2D eigenvalue weighted by Crippen LogP contribution is -2.23. The molecule has 0 N–H and O–H groups in total. The number of fused-ring (bicyclic) bond motifs is 1. The molecule has 0 bridgehead atoms. The Morgan fingerprint density at radius 1 is 1.22 bits per heavy atom. The van der Waals surface area contributed by atoms with E-state index in [-0.39, 0.29) is 10.7 Å². The van der Waals surface area contributed by atoms with E-state index in [9.17, 15) is 12.8 Å². The van der Waals surface area contributed by atoms with Crippen molar-refractivity contribution < 1.29 is 12.8 Å². The summed E-state index contributed by atoms with van der Waals surface area (Å²) in [5.41, 5.74) is 2.83. The molecule has 6 nitrogen and oxygen atoms in total. The maximum Gasteiger partial charge on any atom is 0.271 e. The summed E-state index contributed by atoms with van der Waals surface area (Å²) >= 11 is 0. The van der Waals surface area contributed by atoms with Crippen molar-refractivity contribution in [1.29, 1.82) is 0 Å². The van der Waals surface area contributed by atoms with Gasteiger partial charge in [0.25, 0.3) is 10.0 Å². The fourth-order valence-electron chi connectivity index (χ4n) is 3.48. The van der Waals surface area contributed by atoms with Gasteiger partial charge in [-0.05, 0) is 44.2 Å². The van der Waals surface area contributed by atoms with E-state index >= 15 is 0 Å². The maximum absolute atomic E-state index is 13.9. The highest BCUT2D eigenvalue weighted by Gasteiger charge is 2.26. The summed E-state index contributed by atoms with van der Waals surface area (Å²) in [6, 6.07) is 4.22. The van der Waals surface area contributed by atoms with Crippen molar-refractivity contribution in [2.24, 2.45) is 7.05 Å². The fraction of sp³-hybridized carbons (Fsp3) is 0.316. The Balaban J connectivity index is 1.96. The minimum atomic E-state index is -3.84. The zero-order chi connectivity index (χ0) is 19.3. The van der Waals surface area contributed by atoms with Gasteiger partial charge in [0, 0.05) is 37.3 Å². The van der Waals surface area contributed by atoms with Crippen LogP contribution in [0.3, 0.4) is 0 Å². The molecule has 1 aliphatic rings. The van der Waals surface area contributed by atoms with Gasteiger partial charge >= 0.3 is 0 Å². The molecule has 0 spiro atoms. The van der Waals surface area contributed by atoms with Crippen molar-refractivity contribution >= 4 is 26.5 Å². The van der Waals surface area contributed by atoms with Gasteiger partial charge in [-0.3, -0.25) is 4.68 Å². The quantitative estimate of drug-likeness (QED) is 0.692. The normalized spacial score (nSPS) is 16.1. The van der Waals surface area contributed by atoms with E-state index in [2.05, 4.69) is 16.1 Å². The number of rotatable bonds is 3. The molecular formula is C19H21FN4O2S. The second-order valence-electron chi connectivity index (χ2n) is 6.96. The number of halogens is 1. The van der Waals surface area contributed by atoms with E-state index < -0.39 is 10.0 Å². The third kappa shape index (κ3) is 2.89. The molecule has 0 aliphatic carbocycles. The topological polar surface area (TPSA) is 60.1 Å². The number of benzene rings is 1. The van der Waals surface area contributed by atoms with Crippen LogP contribution in [-0.2, 0) is 17.1 Å². The van der Waals surface area contributed by atoms with E-state index in [1.807, 2.05) is 7.05 Å². The van der Waals surface area contributed by atoms with Crippen LogP contribution in [0, 0.1) is 12.7 Å². The summed E-state index contributed by atoms with van der Waals surface area (Å²) in [6.07, 6.45) is 5.84. The van der Waals surface area contributed by atoms with E-state index in [1.54, 1.807) is 20.2 Å². The molecule has 3 heterocycles. The van der Waals surface area contributed by atoms with E-state index in [4.69, 9.17) is 0 Å². The molecule has 0 saturated carbocycles. The second-order valence-corrected chi connectivity index (χ2v) is 8.75. The second kappa shape index (κ2) is 6.31. The minimum Gasteiger partial charge on any atom is -0.302 e. The summed E-state index contributed by atoms with van der Waals surface area (Å²) < 4.78 is 43.3. The molecule has 0 saturated heterocycles. The Morgan fingerprint density at radius 3 is 2.63 bits per heavy atom. The average molecular weight is 388 g/mol. The first-order valence-electron chi connectivity index (χ1n) is 8.72. The van der Waals surface area contributed by atoms with Crippen LogP contribution in [0.2, 0.25) is 0 Å². The van der Waals surface area contributed by atoms with Gasteiger partial charge in [0.15, 0.2) is 0 Å². The maximum atomic E-state index is 13.9. The summed E-state index contributed by atoms with van der Waals surface area (Å²) in [7, 11) is -0.109. The highest BCUT2D eigenvalue weighted by molar-refractivity contribution is 7.90. The van der Waals surface area contributed by atoms with Gasteiger partial charge in [-0.1, -0.05) is 6.08 Å². The van der Waals surface area contributed by atoms with E-state index in [0.717, 1.165) is 30.6 Å². The molecule has 0 radical (unpaired) electrons. The standard InChI is InChI=1S/C19H21FN4O2S/c1-13-19(11-21-23(13)3)27(25,26)24-12-17(14-6-8-22(2)9-7-14)16-10-15(20)4-5-18(16)24/h4-6,10-12H,7-9H2,1-3H3. The molecular weight excluding hydrogens is 367 g/mol. The van der Waals surface area contributed by atoms with Gasteiger partial charge in [0.05, 0.1) is 17.4 Å². The number of hydrogen-bond acceptors (Lipinski definition) is 4. The van der Waals surface area contributed by atoms with Crippen LogP contribution in [0.1, 0.15) is 17.7 Å². The number of likely N-dealkylation sites (N-methyl/N-ethyl adjacent to an activating group) is 1. The Labute approximate surface area is 157 Å². The SMILES string of the molecule is Cc1c(S(=O)(=O)n2cc(C3=CCN(C)CC3)c3cc(F)ccc32)cnn1C. The Morgan fingerprint density at radius 2 is 2.00 bits per heavy atom. The molecule has 0 amide bonds. The highest BCUT2D eigenvalue weighted by atomic mass is 32.2. The van der Waals surface area contributed by atoms with Crippen LogP contribution in [0.15, 0.2) is 41.6 Å². The van der Waals surface area contributed by atoms with E-state index in [1.165, 1.54) is 33.1 Å². The van der Waals surface area contributed by atoms with Crippen molar-refractivity contribution in [1.82, 2.24) is 18.7 Å². The van der Waals surface area contributed by atoms with Gasteiger partial charge in [-0.15, -0.1) is 0 Å². The predicted octanol–water partition coefficient (Wildman–Crippen LogP) is 2.78. The predicted molar refractivity (Wildman–Crippen MR) is 103 cm³/mol. The van der Waals surface area contributed by atoms with Gasteiger partial charge in [0.1, 0.15) is 10.7 Å². The van der Waals surface area contributed by atoms with Crippen molar-refractivity contribution in [3.63, 3.8) is 0 Å². The Kier molecular flexibility index (Phi) is 4.20. The van der Waals surface area contributed by atoms with Crippen molar-refractivity contribution in [2.75, 3.05) is 20.1 Å². The van der Waals surface area contributed by atoms with Crippen LogP contribution < -0.4 is 0 Å². The van der Waals surface area contributed by atoms with Crippen LogP contribution in [-0.4, -0.2) is 47.2 Å². The fourth-order valence-corrected chi connectivity index (χ4v) is 5.04. The van der Waals surface area contributed by atoms with Crippen molar-refractivity contribution in [3.05, 3.63) is 53.7 Å². The van der Waals surface area contributed by atoms with E-state index in [0.29, 0.717) is 16.6 Å². The third-order valence-electron chi connectivity index (χ3n) is 5.22. The zero-order valence-electron chi connectivity index (χ0n) is 15.5. The summed E-state index contributed by atoms with van der Waals surface area (Å²) in [6.45, 7) is 3.37. The molecule has 1 aromatic carbocycles. The Bertz CT molecular complexity index is 1170. The summed E-state index contributed by atoms with van der Waals surface area (Å²) in [5, 5.41) is 4.66. The monoisotopic (exact) mass is 388 g/mol. The molecule has 2 aromatic heterocycles. The van der Waals surface area contributed by atoms with Crippen LogP contribution in [0.25, 0.3) is 16.5 Å². The van der Waals surface area contributed by atoms with Gasteiger partial charge in [0.2, 0.25) is 0 Å².